The fourth-order valence-corrected chi connectivity index (χ4v) is 2.37. The van der Waals surface area contributed by atoms with E-state index in [1.165, 1.54) is 38.8 Å². The molecule has 2 heteroatoms. The molecule has 70 valence electrons. The van der Waals surface area contributed by atoms with Gasteiger partial charge in [0.1, 0.15) is 0 Å². The number of hydrogen-bond acceptors (Lipinski definition) is 2. The molecule has 1 saturated heterocycles. The normalized spacial score (nSPS) is 28.8. The van der Waals surface area contributed by atoms with Gasteiger partial charge >= 0.3 is 0 Å². The van der Waals surface area contributed by atoms with E-state index in [0.29, 0.717) is 0 Å². The predicted octanol–water partition coefficient (Wildman–Crippen LogP) is 1.13. The molecule has 2 N–H and O–H groups in total. The lowest BCUT2D eigenvalue weighted by molar-refractivity contribution is 0.285. The first-order chi connectivity index (χ1) is 5.86. The van der Waals surface area contributed by atoms with Gasteiger partial charge in [-0.3, -0.25) is 0 Å². The van der Waals surface area contributed by atoms with E-state index in [4.69, 9.17) is 0 Å². The Bertz CT molecular complexity index is 137. The molecule has 0 aromatic rings. The van der Waals surface area contributed by atoms with E-state index in [1.54, 1.807) is 0 Å². The molecule has 0 spiro atoms. The van der Waals surface area contributed by atoms with Crippen LogP contribution in [0.1, 0.15) is 32.6 Å². The smallest absolute Gasteiger partial charge is 0.0319 e. The third-order valence-corrected chi connectivity index (χ3v) is 3.39. The van der Waals surface area contributed by atoms with Crippen molar-refractivity contribution >= 4 is 0 Å². The summed E-state index contributed by atoms with van der Waals surface area (Å²) >= 11 is 0. The summed E-state index contributed by atoms with van der Waals surface area (Å²) in [5, 5.41) is 6.99. The molecule has 0 aromatic heterocycles. The molecule has 2 fully saturated rings. The summed E-state index contributed by atoms with van der Waals surface area (Å²) in [5.41, 5.74) is 0. The highest BCUT2D eigenvalue weighted by Gasteiger charge is 2.25. The zero-order valence-corrected chi connectivity index (χ0v) is 7.97. The summed E-state index contributed by atoms with van der Waals surface area (Å²) in [6, 6.07) is 1.51. The van der Waals surface area contributed by atoms with Gasteiger partial charge in [-0.05, 0) is 25.7 Å². The Morgan fingerprint density at radius 3 is 2.42 bits per heavy atom. The molecule has 0 aromatic carbocycles. The maximum absolute atomic E-state index is 3.70. The maximum atomic E-state index is 3.70. The lowest BCUT2D eigenvalue weighted by Crippen LogP contribution is -2.58. The topological polar surface area (TPSA) is 24.1 Å². The van der Waals surface area contributed by atoms with Gasteiger partial charge in [-0.25, -0.2) is 0 Å². The summed E-state index contributed by atoms with van der Waals surface area (Å²) in [5.74, 6) is 0.964. The van der Waals surface area contributed by atoms with E-state index in [1.807, 2.05) is 0 Å². The van der Waals surface area contributed by atoms with Crippen LogP contribution >= 0.6 is 0 Å². The van der Waals surface area contributed by atoms with Crippen molar-refractivity contribution in [3.8, 4) is 0 Å². The minimum Gasteiger partial charge on any atom is -0.314 e. The molecule has 1 aliphatic heterocycles. The predicted molar refractivity (Wildman–Crippen MR) is 51.2 cm³/mol. The molecule has 0 radical (unpaired) electrons. The van der Waals surface area contributed by atoms with Crippen LogP contribution in [0.15, 0.2) is 0 Å². The molecule has 2 nitrogen and oxygen atoms in total. The lowest BCUT2D eigenvalue weighted by atomic mass is 9.98. The van der Waals surface area contributed by atoms with Crippen molar-refractivity contribution in [2.75, 3.05) is 13.1 Å². The molecule has 0 amide bonds. The van der Waals surface area contributed by atoms with Crippen LogP contribution in [0, 0.1) is 5.92 Å². The molecule has 2 rings (SSSR count). The summed E-state index contributed by atoms with van der Waals surface area (Å²) in [7, 11) is 0. The molecule has 1 heterocycles. The highest BCUT2D eigenvalue weighted by molar-refractivity contribution is 4.87. The molecule has 1 aliphatic carbocycles. The van der Waals surface area contributed by atoms with Gasteiger partial charge < -0.3 is 10.6 Å². The fraction of sp³-hybridized carbons (Fsp3) is 1.00. The molecule has 2 aliphatic rings. The molecule has 1 atom stereocenters. The van der Waals surface area contributed by atoms with Crippen LogP contribution in [-0.4, -0.2) is 25.2 Å². The van der Waals surface area contributed by atoms with E-state index in [-0.39, 0.29) is 0 Å². The van der Waals surface area contributed by atoms with Gasteiger partial charge in [0, 0.05) is 25.2 Å². The molecule has 0 unspecified atom stereocenters. The van der Waals surface area contributed by atoms with Crippen molar-refractivity contribution in [1.82, 2.24) is 10.6 Å². The number of hydrogen-bond donors (Lipinski definition) is 2. The number of nitrogens with one attached hydrogen (secondary N) is 2. The van der Waals surface area contributed by atoms with Crippen LogP contribution in [0.5, 0.6) is 0 Å². The largest absolute Gasteiger partial charge is 0.314 e. The quantitative estimate of drug-likeness (QED) is 0.660. The van der Waals surface area contributed by atoms with Gasteiger partial charge in [0.2, 0.25) is 0 Å². The van der Waals surface area contributed by atoms with Gasteiger partial charge in [0.15, 0.2) is 0 Å². The Morgan fingerprint density at radius 1 is 1.25 bits per heavy atom. The Hall–Kier alpha value is -0.0800. The van der Waals surface area contributed by atoms with Crippen molar-refractivity contribution in [3.05, 3.63) is 0 Å². The van der Waals surface area contributed by atoms with Crippen molar-refractivity contribution in [2.45, 2.75) is 44.7 Å². The standard InChI is InChI=1S/C10H20N2/c1-8(9-4-2-3-5-9)12-10-6-11-7-10/h8-12H,2-7H2,1H3/t8-/m0/s1. The van der Waals surface area contributed by atoms with Crippen LogP contribution < -0.4 is 10.6 Å². The van der Waals surface area contributed by atoms with Gasteiger partial charge in [-0.15, -0.1) is 0 Å². The zero-order valence-electron chi connectivity index (χ0n) is 7.97. The van der Waals surface area contributed by atoms with Crippen LogP contribution in [0.25, 0.3) is 0 Å². The van der Waals surface area contributed by atoms with E-state index >= 15 is 0 Å². The fourth-order valence-electron chi connectivity index (χ4n) is 2.37. The average Bonchev–Trinajstić information content (AvgIpc) is 2.47. The van der Waals surface area contributed by atoms with Crippen molar-refractivity contribution < 1.29 is 0 Å². The Morgan fingerprint density at radius 2 is 1.92 bits per heavy atom. The van der Waals surface area contributed by atoms with Gasteiger partial charge in [0.25, 0.3) is 0 Å². The average molecular weight is 168 g/mol. The van der Waals surface area contributed by atoms with Crippen LogP contribution in [0.4, 0.5) is 0 Å². The summed E-state index contributed by atoms with van der Waals surface area (Å²) in [6.45, 7) is 4.71. The minimum atomic E-state index is 0.750. The first kappa shape index (κ1) is 8.52. The second-order valence-corrected chi connectivity index (χ2v) is 4.36. The zero-order chi connectivity index (χ0) is 8.39. The van der Waals surface area contributed by atoms with Gasteiger partial charge in [-0.2, -0.15) is 0 Å². The first-order valence-corrected chi connectivity index (χ1v) is 5.33. The Kier molecular flexibility index (Phi) is 2.66. The molecule has 0 bridgehead atoms. The Balaban J connectivity index is 1.71. The van der Waals surface area contributed by atoms with E-state index in [2.05, 4.69) is 17.6 Å². The lowest BCUT2D eigenvalue weighted by Gasteiger charge is -2.33. The van der Waals surface area contributed by atoms with E-state index < -0.39 is 0 Å². The Labute approximate surface area is 75.1 Å². The molecular formula is C10H20N2. The SMILES string of the molecule is C[C@H](NC1CNC1)C1CCCC1. The second-order valence-electron chi connectivity index (χ2n) is 4.36. The third kappa shape index (κ3) is 1.80. The van der Waals surface area contributed by atoms with Gasteiger partial charge in [0.05, 0.1) is 0 Å². The number of rotatable bonds is 3. The second kappa shape index (κ2) is 3.75. The van der Waals surface area contributed by atoms with Crippen molar-refractivity contribution in [2.24, 2.45) is 5.92 Å². The van der Waals surface area contributed by atoms with Crippen LogP contribution in [0.2, 0.25) is 0 Å². The highest BCUT2D eigenvalue weighted by Crippen LogP contribution is 2.27. The van der Waals surface area contributed by atoms with Crippen LogP contribution in [0.3, 0.4) is 0 Å². The molecule has 12 heavy (non-hydrogen) atoms. The van der Waals surface area contributed by atoms with E-state index in [0.717, 1.165) is 18.0 Å². The summed E-state index contributed by atoms with van der Waals surface area (Å²) in [6.07, 6.45) is 5.82. The van der Waals surface area contributed by atoms with Crippen molar-refractivity contribution in [3.63, 3.8) is 0 Å². The molecule has 1 saturated carbocycles. The maximum Gasteiger partial charge on any atom is 0.0319 e. The monoisotopic (exact) mass is 168 g/mol. The van der Waals surface area contributed by atoms with Crippen molar-refractivity contribution in [1.29, 1.82) is 0 Å². The highest BCUT2D eigenvalue weighted by atomic mass is 15.1. The third-order valence-electron chi connectivity index (χ3n) is 3.39. The summed E-state index contributed by atoms with van der Waals surface area (Å²) in [4.78, 5) is 0. The molecular weight excluding hydrogens is 148 g/mol. The van der Waals surface area contributed by atoms with E-state index in [9.17, 15) is 0 Å². The van der Waals surface area contributed by atoms with Crippen LogP contribution in [-0.2, 0) is 0 Å². The first-order valence-electron chi connectivity index (χ1n) is 5.33. The minimum absolute atomic E-state index is 0.750. The van der Waals surface area contributed by atoms with Gasteiger partial charge in [-0.1, -0.05) is 12.8 Å². The summed E-state index contributed by atoms with van der Waals surface area (Å²) < 4.78 is 0.